The van der Waals surface area contributed by atoms with Gasteiger partial charge in [-0.3, -0.25) is 9.63 Å². The number of carbonyl (C=O) groups excluding carboxylic acids is 1. The summed E-state index contributed by atoms with van der Waals surface area (Å²) in [5.74, 6) is -0.420. The Hall–Kier alpha value is -1.39. The van der Waals surface area contributed by atoms with Gasteiger partial charge in [-0.1, -0.05) is 37.3 Å². The van der Waals surface area contributed by atoms with Crippen molar-refractivity contribution in [1.29, 1.82) is 0 Å². The third-order valence-electron chi connectivity index (χ3n) is 4.00. The first kappa shape index (κ1) is 16.0. The van der Waals surface area contributed by atoms with Crippen LogP contribution >= 0.6 is 0 Å². The van der Waals surface area contributed by atoms with Crippen molar-refractivity contribution in [3.8, 4) is 0 Å². The summed E-state index contributed by atoms with van der Waals surface area (Å²) >= 11 is 0. The number of benzene rings is 1. The van der Waals surface area contributed by atoms with E-state index in [4.69, 9.17) is 9.57 Å². The number of rotatable bonds is 5. The van der Waals surface area contributed by atoms with E-state index >= 15 is 0 Å². The van der Waals surface area contributed by atoms with Crippen molar-refractivity contribution < 1.29 is 14.4 Å². The van der Waals surface area contributed by atoms with Gasteiger partial charge in [-0.25, -0.2) is 0 Å². The maximum atomic E-state index is 12.3. The van der Waals surface area contributed by atoms with Gasteiger partial charge >= 0.3 is 5.97 Å². The summed E-state index contributed by atoms with van der Waals surface area (Å²) in [6.45, 7) is 8.92. The van der Waals surface area contributed by atoms with Crippen molar-refractivity contribution in [3.63, 3.8) is 0 Å². The molecular formula is C17H25NO3. The molecule has 1 heterocycles. The molecular weight excluding hydrogens is 266 g/mol. The van der Waals surface area contributed by atoms with Crippen molar-refractivity contribution in [3.05, 3.63) is 35.9 Å². The molecule has 0 spiro atoms. The van der Waals surface area contributed by atoms with Gasteiger partial charge in [-0.2, -0.15) is 5.06 Å². The topological polar surface area (TPSA) is 38.8 Å². The van der Waals surface area contributed by atoms with Gasteiger partial charge in [-0.15, -0.1) is 0 Å². The van der Waals surface area contributed by atoms with Crippen LogP contribution in [0.4, 0.5) is 0 Å². The van der Waals surface area contributed by atoms with Crippen molar-refractivity contribution in [2.24, 2.45) is 5.92 Å². The van der Waals surface area contributed by atoms with E-state index < -0.39 is 5.60 Å². The first-order valence-corrected chi connectivity index (χ1v) is 7.66. The fraction of sp³-hybridized carbons (Fsp3) is 0.588. The molecule has 2 unspecified atom stereocenters. The Morgan fingerprint density at radius 1 is 1.29 bits per heavy atom. The fourth-order valence-electron chi connectivity index (χ4n) is 3.08. The van der Waals surface area contributed by atoms with E-state index in [-0.39, 0.29) is 17.9 Å². The lowest BCUT2D eigenvalue weighted by Gasteiger charge is -2.24. The minimum atomic E-state index is -0.540. The Morgan fingerprint density at radius 3 is 2.52 bits per heavy atom. The van der Waals surface area contributed by atoms with Crippen LogP contribution in [0.3, 0.4) is 0 Å². The van der Waals surface area contributed by atoms with E-state index in [2.05, 4.69) is 19.1 Å². The molecule has 0 amide bonds. The SMILES string of the molecule is CCOC(=O)C1C(CC)N(Cc2ccccc2)OC1(C)C. The maximum Gasteiger partial charge on any atom is 0.313 e. The van der Waals surface area contributed by atoms with Crippen molar-refractivity contribution >= 4 is 5.97 Å². The third kappa shape index (κ3) is 3.44. The highest BCUT2D eigenvalue weighted by Crippen LogP contribution is 2.39. The highest BCUT2D eigenvalue weighted by Gasteiger charge is 2.52. The summed E-state index contributed by atoms with van der Waals surface area (Å²) in [5.41, 5.74) is 0.637. The normalized spacial score (nSPS) is 25.0. The zero-order valence-corrected chi connectivity index (χ0v) is 13.3. The molecule has 0 aromatic heterocycles. The second-order valence-electron chi connectivity index (χ2n) is 5.96. The minimum absolute atomic E-state index is 0.0410. The van der Waals surface area contributed by atoms with Gasteiger partial charge in [0.1, 0.15) is 5.92 Å². The first-order valence-electron chi connectivity index (χ1n) is 7.66. The number of ether oxygens (including phenoxy) is 1. The predicted octanol–water partition coefficient (Wildman–Crippen LogP) is 3.17. The largest absolute Gasteiger partial charge is 0.466 e. The molecule has 2 rings (SSSR count). The Morgan fingerprint density at radius 2 is 1.95 bits per heavy atom. The second kappa shape index (κ2) is 6.58. The molecule has 1 aliphatic heterocycles. The van der Waals surface area contributed by atoms with E-state index in [0.29, 0.717) is 13.2 Å². The summed E-state index contributed by atoms with van der Waals surface area (Å²) in [7, 11) is 0. The van der Waals surface area contributed by atoms with Crippen LogP contribution in [-0.2, 0) is 20.9 Å². The summed E-state index contributed by atoms with van der Waals surface area (Å²) in [4.78, 5) is 18.4. The molecule has 0 N–H and O–H groups in total. The summed E-state index contributed by atoms with van der Waals surface area (Å²) in [5, 5.41) is 1.94. The Labute approximate surface area is 127 Å². The highest BCUT2D eigenvalue weighted by atomic mass is 16.7. The van der Waals surface area contributed by atoms with Gasteiger partial charge in [-0.05, 0) is 32.8 Å². The number of hydrogen-bond acceptors (Lipinski definition) is 4. The standard InChI is InChI=1S/C17H25NO3/c1-5-14-15(16(19)20-6-2)17(3,4)21-18(14)12-13-10-8-7-9-11-13/h7-11,14-15H,5-6,12H2,1-4H3. The Kier molecular flexibility index (Phi) is 5.01. The highest BCUT2D eigenvalue weighted by molar-refractivity contribution is 5.75. The van der Waals surface area contributed by atoms with Crippen LogP contribution in [0.1, 0.15) is 39.7 Å². The van der Waals surface area contributed by atoms with Crippen LogP contribution in [0.2, 0.25) is 0 Å². The van der Waals surface area contributed by atoms with E-state index in [9.17, 15) is 4.79 Å². The van der Waals surface area contributed by atoms with Crippen LogP contribution < -0.4 is 0 Å². The average molecular weight is 291 g/mol. The van der Waals surface area contributed by atoms with Crippen LogP contribution in [0.25, 0.3) is 0 Å². The van der Waals surface area contributed by atoms with Gasteiger partial charge in [0.15, 0.2) is 0 Å². The fourth-order valence-corrected chi connectivity index (χ4v) is 3.08. The van der Waals surface area contributed by atoms with Crippen LogP contribution in [0, 0.1) is 5.92 Å². The molecule has 4 heteroatoms. The molecule has 0 saturated carbocycles. The molecule has 1 fully saturated rings. The summed E-state index contributed by atoms with van der Waals surface area (Å²) in [6, 6.07) is 10.2. The quantitative estimate of drug-likeness (QED) is 0.781. The maximum absolute atomic E-state index is 12.3. The first-order chi connectivity index (χ1) is 9.99. The van der Waals surface area contributed by atoms with Gasteiger partial charge < -0.3 is 4.74 Å². The van der Waals surface area contributed by atoms with Gasteiger partial charge in [0, 0.05) is 6.54 Å². The smallest absolute Gasteiger partial charge is 0.313 e. The third-order valence-corrected chi connectivity index (χ3v) is 4.00. The number of carbonyl (C=O) groups is 1. The van der Waals surface area contributed by atoms with E-state index in [1.807, 2.05) is 44.0 Å². The van der Waals surface area contributed by atoms with Crippen LogP contribution in [0.15, 0.2) is 30.3 Å². The van der Waals surface area contributed by atoms with E-state index in [1.165, 1.54) is 5.56 Å². The zero-order chi connectivity index (χ0) is 15.5. The van der Waals surface area contributed by atoms with Crippen molar-refractivity contribution in [2.75, 3.05) is 6.61 Å². The number of hydrogen-bond donors (Lipinski definition) is 0. The predicted molar refractivity (Wildman–Crippen MR) is 81.4 cm³/mol. The molecule has 1 aromatic carbocycles. The van der Waals surface area contributed by atoms with Gasteiger partial charge in [0.25, 0.3) is 0 Å². The van der Waals surface area contributed by atoms with Crippen molar-refractivity contribution in [2.45, 2.75) is 52.3 Å². The molecule has 0 aliphatic carbocycles. The van der Waals surface area contributed by atoms with Crippen LogP contribution in [0.5, 0.6) is 0 Å². The van der Waals surface area contributed by atoms with E-state index in [1.54, 1.807) is 0 Å². The van der Waals surface area contributed by atoms with Crippen molar-refractivity contribution in [1.82, 2.24) is 5.06 Å². The number of hydroxylamine groups is 2. The molecule has 0 radical (unpaired) electrons. The molecule has 4 nitrogen and oxygen atoms in total. The summed E-state index contributed by atoms with van der Waals surface area (Å²) < 4.78 is 5.25. The number of nitrogens with zero attached hydrogens (tertiary/aromatic N) is 1. The second-order valence-corrected chi connectivity index (χ2v) is 5.96. The molecule has 1 saturated heterocycles. The lowest BCUT2D eigenvalue weighted by atomic mass is 9.84. The molecule has 116 valence electrons. The lowest BCUT2D eigenvalue weighted by Crippen LogP contribution is -2.40. The number of esters is 1. The molecule has 21 heavy (non-hydrogen) atoms. The van der Waals surface area contributed by atoms with Gasteiger partial charge in [0.05, 0.1) is 18.2 Å². The van der Waals surface area contributed by atoms with Crippen LogP contribution in [-0.4, -0.2) is 29.3 Å². The summed E-state index contributed by atoms with van der Waals surface area (Å²) in [6.07, 6.45) is 0.847. The molecule has 2 atom stereocenters. The molecule has 0 bridgehead atoms. The molecule has 1 aliphatic rings. The molecule has 1 aromatic rings. The lowest BCUT2D eigenvalue weighted by molar-refractivity contribution is -0.202. The Balaban J connectivity index is 2.18. The average Bonchev–Trinajstić information content (AvgIpc) is 2.70. The minimum Gasteiger partial charge on any atom is -0.466 e. The van der Waals surface area contributed by atoms with Gasteiger partial charge in [0.2, 0.25) is 0 Å². The zero-order valence-electron chi connectivity index (χ0n) is 13.3. The monoisotopic (exact) mass is 291 g/mol. The van der Waals surface area contributed by atoms with E-state index in [0.717, 1.165) is 6.42 Å². The Bertz CT molecular complexity index is 472.